The van der Waals surface area contributed by atoms with E-state index < -0.39 is 0 Å². The van der Waals surface area contributed by atoms with E-state index in [1.54, 1.807) is 14.2 Å². The maximum atomic E-state index is 12.0. The maximum Gasteiger partial charge on any atom is 0.253 e. The molecular weight excluding hydrogens is 334 g/mol. The minimum atomic E-state index is -0.224. The number of amides is 1. The zero-order chi connectivity index (χ0) is 18.9. The van der Waals surface area contributed by atoms with Crippen LogP contribution in [0.15, 0.2) is 35.4 Å². The van der Waals surface area contributed by atoms with Gasteiger partial charge in [-0.15, -0.1) is 0 Å². The fraction of sp³-hybridized carbons (Fsp3) is 0.421. The number of methoxy groups -OCH3 is 2. The molecule has 1 N–H and O–H groups in total. The molecule has 2 rings (SSSR count). The summed E-state index contributed by atoms with van der Waals surface area (Å²) < 4.78 is 11.8. The number of nitrogens with zero attached hydrogens (tertiary/aromatic N) is 2. The first-order chi connectivity index (χ1) is 12.6. The van der Waals surface area contributed by atoms with Crippen LogP contribution in [0.4, 0.5) is 0 Å². The van der Waals surface area contributed by atoms with Crippen molar-refractivity contribution in [3.63, 3.8) is 0 Å². The monoisotopic (exact) mass is 359 g/mol. The van der Waals surface area contributed by atoms with Crippen molar-refractivity contribution in [2.24, 2.45) is 0 Å². The third kappa shape index (κ3) is 5.34. The molecule has 1 aromatic heterocycles. The molecule has 0 saturated carbocycles. The fourth-order valence-electron chi connectivity index (χ4n) is 2.57. The lowest BCUT2D eigenvalue weighted by molar-refractivity contribution is -0.121. The molecule has 7 nitrogen and oxygen atoms in total. The number of rotatable bonds is 9. The van der Waals surface area contributed by atoms with Gasteiger partial charge in [-0.1, -0.05) is 19.4 Å². The molecule has 1 heterocycles. The highest BCUT2D eigenvalue weighted by molar-refractivity contribution is 5.75. The van der Waals surface area contributed by atoms with Crippen LogP contribution in [0.5, 0.6) is 11.5 Å². The Kier molecular flexibility index (Phi) is 7.20. The number of ether oxygens (including phenoxy) is 2. The quantitative estimate of drug-likeness (QED) is 0.735. The van der Waals surface area contributed by atoms with Crippen molar-refractivity contribution in [3.05, 3.63) is 52.2 Å². The lowest BCUT2D eigenvalue weighted by atomic mass is 10.1. The van der Waals surface area contributed by atoms with Gasteiger partial charge in [0.05, 0.1) is 20.5 Å². The number of hydrogen-bond acceptors (Lipinski definition) is 5. The average Bonchev–Trinajstić information content (AvgIpc) is 2.64. The minimum Gasteiger partial charge on any atom is -0.493 e. The van der Waals surface area contributed by atoms with Crippen LogP contribution in [0.3, 0.4) is 0 Å². The van der Waals surface area contributed by atoms with E-state index in [-0.39, 0.29) is 18.0 Å². The third-order valence-electron chi connectivity index (χ3n) is 3.94. The number of aromatic nitrogens is 2. The Balaban J connectivity index is 1.86. The van der Waals surface area contributed by atoms with Crippen molar-refractivity contribution in [3.8, 4) is 11.5 Å². The molecule has 0 fully saturated rings. The molecule has 0 atom stereocenters. The molecule has 140 valence electrons. The second-order valence-electron chi connectivity index (χ2n) is 5.89. The van der Waals surface area contributed by atoms with Gasteiger partial charge in [0.1, 0.15) is 6.54 Å². The largest absolute Gasteiger partial charge is 0.493 e. The van der Waals surface area contributed by atoms with Crippen LogP contribution in [-0.4, -0.2) is 36.2 Å². The van der Waals surface area contributed by atoms with Crippen LogP contribution < -0.4 is 20.3 Å². The molecule has 0 unspecified atom stereocenters. The van der Waals surface area contributed by atoms with Crippen molar-refractivity contribution in [2.75, 3.05) is 20.8 Å². The summed E-state index contributed by atoms with van der Waals surface area (Å²) in [6, 6.07) is 7.12. The van der Waals surface area contributed by atoms with Gasteiger partial charge in [-0.25, -0.2) is 4.98 Å². The van der Waals surface area contributed by atoms with Gasteiger partial charge in [-0.2, -0.15) is 0 Å². The summed E-state index contributed by atoms with van der Waals surface area (Å²) in [4.78, 5) is 28.2. The predicted octanol–water partition coefficient (Wildman–Crippen LogP) is 1.57. The van der Waals surface area contributed by atoms with Gasteiger partial charge in [-0.05, 0) is 30.5 Å². The SMILES string of the molecule is CCCc1cc(=O)n(CC(=O)NCCc2ccc(OC)c(OC)c2)cn1. The predicted molar refractivity (Wildman–Crippen MR) is 98.8 cm³/mol. The number of nitrogens with one attached hydrogen (secondary N) is 1. The molecule has 0 aliphatic carbocycles. The Morgan fingerprint density at radius 1 is 1.15 bits per heavy atom. The normalized spacial score (nSPS) is 10.4. The molecule has 0 aliphatic rings. The number of benzene rings is 1. The molecule has 0 aliphatic heterocycles. The van der Waals surface area contributed by atoms with Gasteiger partial charge >= 0.3 is 0 Å². The molecule has 0 spiro atoms. The maximum absolute atomic E-state index is 12.0. The summed E-state index contributed by atoms with van der Waals surface area (Å²) in [5, 5.41) is 2.81. The van der Waals surface area contributed by atoms with Gasteiger partial charge in [0.2, 0.25) is 5.91 Å². The highest BCUT2D eigenvalue weighted by Gasteiger charge is 2.07. The summed E-state index contributed by atoms with van der Waals surface area (Å²) in [5.41, 5.74) is 1.56. The van der Waals surface area contributed by atoms with E-state index in [9.17, 15) is 9.59 Å². The minimum absolute atomic E-state index is 0.0375. The zero-order valence-corrected chi connectivity index (χ0v) is 15.4. The highest BCUT2D eigenvalue weighted by Crippen LogP contribution is 2.27. The standard InChI is InChI=1S/C19H25N3O4/c1-4-5-15-11-19(24)22(13-21-15)12-18(23)20-9-8-14-6-7-16(25-2)17(10-14)26-3/h6-7,10-11,13H,4-5,8-9,12H2,1-3H3,(H,20,23). The van der Waals surface area contributed by atoms with Gasteiger partial charge in [0.15, 0.2) is 11.5 Å². The topological polar surface area (TPSA) is 82.5 Å². The number of hydrogen-bond donors (Lipinski definition) is 1. The molecule has 7 heteroatoms. The van der Waals surface area contributed by atoms with Crippen molar-refractivity contribution < 1.29 is 14.3 Å². The summed E-state index contributed by atoms with van der Waals surface area (Å²) >= 11 is 0. The summed E-state index contributed by atoms with van der Waals surface area (Å²) in [6.45, 7) is 2.45. The Bertz CT molecular complexity index is 802. The molecule has 1 aromatic carbocycles. The van der Waals surface area contributed by atoms with Gasteiger partial charge in [0.25, 0.3) is 5.56 Å². The Labute approximate surface area is 153 Å². The lowest BCUT2D eigenvalue weighted by Crippen LogP contribution is -2.33. The van der Waals surface area contributed by atoms with Gasteiger partial charge in [-0.3, -0.25) is 14.2 Å². The number of carbonyl (C=O) groups excluding carboxylic acids is 1. The van der Waals surface area contributed by atoms with E-state index in [1.807, 2.05) is 25.1 Å². The van der Waals surface area contributed by atoms with Crippen molar-refractivity contribution in [1.82, 2.24) is 14.9 Å². The average molecular weight is 359 g/mol. The first-order valence-corrected chi connectivity index (χ1v) is 8.60. The summed E-state index contributed by atoms with van der Waals surface area (Å²) in [7, 11) is 3.17. The highest BCUT2D eigenvalue weighted by atomic mass is 16.5. The van der Waals surface area contributed by atoms with Crippen LogP contribution in [0.2, 0.25) is 0 Å². The van der Waals surface area contributed by atoms with E-state index in [2.05, 4.69) is 10.3 Å². The molecule has 1 amide bonds. The van der Waals surface area contributed by atoms with Crippen LogP contribution in [0.25, 0.3) is 0 Å². The Morgan fingerprint density at radius 3 is 2.58 bits per heavy atom. The Morgan fingerprint density at radius 2 is 1.92 bits per heavy atom. The molecule has 2 aromatic rings. The van der Waals surface area contributed by atoms with E-state index in [4.69, 9.17) is 9.47 Å². The van der Waals surface area contributed by atoms with E-state index in [0.717, 1.165) is 24.1 Å². The molecule has 0 saturated heterocycles. The van der Waals surface area contributed by atoms with Gasteiger partial charge in [0, 0.05) is 18.3 Å². The Hall–Kier alpha value is -2.83. The van der Waals surface area contributed by atoms with Crippen LogP contribution >= 0.6 is 0 Å². The molecule has 26 heavy (non-hydrogen) atoms. The van der Waals surface area contributed by atoms with Crippen LogP contribution in [0, 0.1) is 0 Å². The van der Waals surface area contributed by atoms with Crippen molar-refractivity contribution in [1.29, 1.82) is 0 Å². The number of carbonyl (C=O) groups is 1. The summed E-state index contributed by atoms with van der Waals surface area (Å²) in [6.07, 6.45) is 3.76. The van der Waals surface area contributed by atoms with E-state index in [1.165, 1.54) is 17.0 Å². The van der Waals surface area contributed by atoms with Crippen molar-refractivity contribution >= 4 is 5.91 Å². The third-order valence-corrected chi connectivity index (χ3v) is 3.94. The molecule has 0 bridgehead atoms. The second kappa shape index (κ2) is 9.60. The molecule has 0 radical (unpaired) electrons. The van der Waals surface area contributed by atoms with Crippen LogP contribution in [0.1, 0.15) is 24.6 Å². The van der Waals surface area contributed by atoms with Gasteiger partial charge < -0.3 is 14.8 Å². The van der Waals surface area contributed by atoms with E-state index >= 15 is 0 Å². The summed E-state index contributed by atoms with van der Waals surface area (Å²) in [5.74, 6) is 1.09. The van der Waals surface area contributed by atoms with Crippen LogP contribution in [-0.2, 0) is 24.2 Å². The zero-order valence-electron chi connectivity index (χ0n) is 15.4. The lowest BCUT2D eigenvalue weighted by Gasteiger charge is -2.10. The fourth-order valence-corrected chi connectivity index (χ4v) is 2.57. The van der Waals surface area contributed by atoms with E-state index in [0.29, 0.717) is 24.5 Å². The first kappa shape index (κ1) is 19.5. The second-order valence-corrected chi connectivity index (χ2v) is 5.89. The first-order valence-electron chi connectivity index (χ1n) is 8.60. The molecular formula is C19H25N3O4. The van der Waals surface area contributed by atoms with Crippen molar-refractivity contribution in [2.45, 2.75) is 32.7 Å². The number of aryl methyl sites for hydroxylation is 1. The smallest absolute Gasteiger partial charge is 0.253 e.